The van der Waals surface area contributed by atoms with Gasteiger partial charge >= 0.3 is 5.97 Å². The van der Waals surface area contributed by atoms with Gasteiger partial charge in [-0.2, -0.15) is 0 Å². The van der Waals surface area contributed by atoms with Gasteiger partial charge in [-0.05, 0) is 55.6 Å². The Morgan fingerprint density at radius 1 is 0.698 bits per heavy atom. The van der Waals surface area contributed by atoms with E-state index in [4.69, 9.17) is 5.11 Å². The van der Waals surface area contributed by atoms with E-state index in [2.05, 4.69) is 77.4 Å². The molecular formula is C38H52N2O3. The van der Waals surface area contributed by atoms with E-state index >= 15 is 0 Å². The lowest BCUT2D eigenvalue weighted by Gasteiger charge is -2.42. The molecule has 1 saturated heterocycles. The van der Waals surface area contributed by atoms with Gasteiger partial charge in [0.15, 0.2) is 0 Å². The molecule has 2 atom stereocenters. The molecule has 1 saturated carbocycles. The SMILES string of the molecule is CC1(O)CN(Cc2ccccc2)CCCN(Cc2ccccc2)CC1C1CCCCCCCC1.O=C(O)c1ccccc1. The summed E-state index contributed by atoms with van der Waals surface area (Å²) in [6.07, 6.45) is 11.8. The molecule has 3 aromatic rings. The molecule has 5 nitrogen and oxygen atoms in total. The normalized spacial score (nSPS) is 23.3. The molecule has 0 amide bonds. The Morgan fingerprint density at radius 2 is 1.16 bits per heavy atom. The topological polar surface area (TPSA) is 64.0 Å². The predicted molar refractivity (Wildman–Crippen MR) is 176 cm³/mol. The number of rotatable bonds is 6. The quantitative estimate of drug-likeness (QED) is 0.308. The van der Waals surface area contributed by atoms with Crippen molar-refractivity contribution in [2.75, 3.05) is 26.2 Å². The number of hydrogen-bond donors (Lipinski definition) is 2. The molecule has 232 valence electrons. The molecule has 43 heavy (non-hydrogen) atoms. The van der Waals surface area contributed by atoms with Crippen molar-refractivity contribution in [1.82, 2.24) is 9.80 Å². The zero-order chi connectivity index (χ0) is 30.3. The third kappa shape index (κ3) is 11.2. The Balaban J connectivity index is 0.000000403. The Kier molecular flexibility index (Phi) is 13.3. The van der Waals surface area contributed by atoms with Crippen LogP contribution in [0.2, 0.25) is 0 Å². The first-order valence-corrected chi connectivity index (χ1v) is 16.4. The number of carboxylic acids is 1. The summed E-state index contributed by atoms with van der Waals surface area (Å²) in [5.74, 6) is 0.0457. The monoisotopic (exact) mass is 584 g/mol. The molecule has 2 unspecified atom stereocenters. The van der Waals surface area contributed by atoms with Gasteiger partial charge in [-0.25, -0.2) is 4.79 Å². The van der Waals surface area contributed by atoms with E-state index in [9.17, 15) is 9.90 Å². The smallest absolute Gasteiger partial charge is 0.335 e. The second kappa shape index (κ2) is 17.3. The second-order valence-electron chi connectivity index (χ2n) is 12.9. The Hall–Kier alpha value is -2.99. The summed E-state index contributed by atoms with van der Waals surface area (Å²) in [6, 6.07) is 30.0. The fourth-order valence-corrected chi connectivity index (χ4v) is 7.00. The number of carboxylic acid groups (broad SMARTS) is 1. The average molecular weight is 585 g/mol. The van der Waals surface area contributed by atoms with Gasteiger partial charge < -0.3 is 10.2 Å². The fourth-order valence-electron chi connectivity index (χ4n) is 7.00. The molecule has 2 N–H and O–H groups in total. The van der Waals surface area contributed by atoms with Gasteiger partial charge in [-0.1, -0.05) is 130 Å². The zero-order valence-electron chi connectivity index (χ0n) is 26.1. The molecule has 5 heteroatoms. The summed E-state index contributed by atoms with van der Waals surface area (Å²) in [5.41, 5.74) is 2.37. The summed E-state index contributed by atoms with van der Waals surface area (Å²) in [4.78, 5) is 15.4. The summed E-state index contributed by atoms with van der Waals surface area (Å²) in [7, 11) is 0. The molecule has 0 bridgehead atoms. The molecule has 1 aliphatic carbocycles. The lowest BCUT2D eigenvalue weighted by molar-refractivity contribution is -0.0628. The number of aliphatic hydroxyl groups is 1. The summed E-state index contributed by atoms with van der Waals surface area (Å²) >= 11 is 0. The zero-order valence-corrected chi connectivity index (χ0v) is 26.1. The third-order valence-corrected chi connectivity index (χ3v) is 9.23. The van der Waals surface area contributed by atoms with E-state index in [-0.39, 0.29) is 0 Å². The lowest BCUT2D eigenvalue weighted by Crippen LogP contribution is -2.51. The summed E-state index contributed by atoms with van der Waals surface area (Å²) in [5, 5.41) is 20.5. The van der Waals surface area contributed by atoms with E-state index in [0.29, 0.717) is 17.4 Å². The van der Waals surface area contributed by atoms with Crippen LogP contribution in [0.15, 0.2) is 91.0 Å². The second-order valence-corrected chi connectivity index (χ2v) is 12.9. The number of β-amino-alcohol motifs (C(OH)–C–C–N with tert-alkyl or cyclic N) is 1. The van der Waals surface area contributed by atoms with Crippen molar-refractivity contribution in [1.29, 1.82) is 0 Å². The van der Waals surface area contributed by atoms with Crippen molar-refractivity contribution >= 4 is 5.97 Å². The number of benzene rings is 3. The molecular weight excluding hydrogens is 532 g/mol. The van der Waals surface area contributed by atoms with E-state index in [1.807, 2.05) is 0 Å². The van der Waals surface area contributed by atoms with Crippen molar-refractivity contribution in [2.45, 2.75) is 83.4 Å². The van der Waals surface area contributed by atoms with Crippen LogP contribution in [0, 0.1) is 11.8 Å². The molecule has 2 aliphatic rings. The van der Waals surface area contributed by atoms with Crippen LogP contribution in [0.1, 0.15) is 86.2 Å². The molecule has 1 heterocycles. The lowest BCUT2D eigenvalue weighted by atomic mass is 9.74. The van der Waals surface area contributed by atoms with Crippen LogP contribution < -0.4 is 0 Å². The number of carbonyl (C=O) groups is 1. The van der Waals surface area contributed by atoms with Crippen molar-refractivity contribution < 1.29 is 15.0 Å². The van der Waals surface area contributed by atoms with Crippen molar-refractivity contribution in [3.8, 4) is 0 Å². The maximum Gasteiger partial charge on any atom is 0.335 e. The Bertz CT molecular complexity index is 1180. The van der Waals surface area contributed by atoms with Crippen LogP contribution in [0.4, 0.5) is 0 Å². The Morgan fingerprint density at radius 3 is 1.67 bits per heavy atom. The van der Waals surface area contributed by atoms with Crippen molar-refractivity contribution in [3.63, 3.8) is 0 Å². The molecule has 0 radical (unpaired) electrons. The minimum absolute atomic E-state index is 0.311. The third-order valence-electron chi connectivity index (χ3n) is 9.23. The van der Waals surface area contributed by atoms with E-state index in [1.165, 1.54) is 62.5 Å². The maximum absolute atomic E-state index is 12.1. The average Bonchev–Trinajstić information content (AvgIpc) is 3.18. The minimum Gasteiger partial charge on any atom is -0.478 e. The van der Waals surface area contributed by atoms with Gasteiger partial charge in [0.25, 0.3) is 0 Å². The van der Waals surface area contributed by atoms with Gasteiger partial charge in [-0.15, -0.1) is 0 Å². The first-order valence-electron chi connectivity index (χ1n) is 16.4. The van der Waals surface area contributed by atoms with E-state index in [1.54, 1.807) is 30.3 Å². The predicted octanol–water partition coefficient (Wildman–Crippen LogP) is 7.90. The first-order chi connectivity index (χ1) is 20.9. The highest BCUT2D eigenvalue weighted by Gasteiger charge is 2.40. The van der Waals surface area contributed by atoms with Crippen LogP contribution in [-0.2, 0) is 13.1 Å². The molecule has 3 aromatic carbocycles. The Labute approximate surface area is 259 Å². The van der Waals surface area contributed by atoms with Gasteiger partial charge in [0, 0.05) is 32.1 Å². The van der Waals surface area contributed by atoms with Crippen LogP contribution in [0.3, 0.4) is 0 Å². The first kappa shape index (κ1) is 32.9. The number of nitrogens with zero attached hydrogens (tertiary/aromatic N) is 2. The summed E-state index contributed by atoms with van der Waals surface area (Å²) in [6.45, 7) is 7.96. The summed E-state index contributed by atoms with van der Waals surface area (Å²) < 4.78 is 0. The van der Waals surface area contributed by atoms with Gasteiger partial charge in [0.2, 0.25) is 0 Å². The fraction of sp³-hybridized carbons (Fsp3) is 0.500. The number of aromatic carboxylic acids is 1. The van der Waals surface area contributed by atoms with Crippen molar-refractivity contribution in [3.05, 3.63) is 108 Å². The van der Waals surface area contributed by atoms with Gasteiger partial charge in [-0.3, -0.25) is 9.80 Å². The van der Waals surface area contributed by atoms with Crippen LogP contribution in [0.5, 0.6) is 0 Å². The van der Waals surface area contributed by atoms with Crippen LogP contribution in [0.25, 0.3) is 0 Å². The van der Waals surface area contributed by atoms with Crippen molar-refractivity contribution in [2.24, 2.45) is 11.8 Å². The molecule has 1 aliphatic heterocycles. The molecule has 2 fully saturated rings. The highest BCUT2D eigenvalue weighted by Crippen LogP contribution is 2.36. The largest absolute Gasteiger partial charge is 0.478 e. The van der Waals surface area contributed by atoms with Crippen LogP contribution >= 0.6 is 0 Å². The highest BCUT2D eigenvalue weighted by molar-refractivity contribution is 5.87. The molecule has 0 spiro atoms. The minimum atomic E-state index is -0.879. The van der Waals surface area contributed by atoms with Gasteiger partial charge in [0.05, 0.1) is 11.2 Å². The van der Waals surface area contributed by atoms with Crippen LogP contribution in [-0.4, -0.2) is 57.8 Å². The van der Waals surface area contributed by atoms with E-state index in [0.717, 1.165) is 45.7 Å². The molecule has 0 aromatic heterocycles. The maximum atomic E-state index is 12.1. The van der Waals surface area contributed by atoms with Gasteiger partial charge in [0.1, 0.15) is 0 Å². The molecule has 5 rings (SSSR count). The number of hydrogen-bond acceptors (Lipinski definition) is 4. The standard InChI is InChI=1S/C31H46N2O.C7H6O2/c1-31(34)26-33(24-28-17-10-7-11-18-28)22-14-21-32(23-27-15-8-6-9-16-27)25-30(31)29-19-12-4-2-3-5-13-20-29;8-7(9)6-4-2-1-3-5-6/h6-11,15-18,29-30,34H,2-5,12-14,19-26H2,1H3;1-5H,(H,8,9). The van der Waals surface area contributed by atoms with E-state index < -0.39 is 11.6 Å². The highest BCUT2D eigenvalue weighted by atomic mass is 16.4.